The molecule has 5 nitrogen and oxygen atoms in total. The van der Waals surface area contributed by atoms with Crippen molar-refractivity contribution in [3.8, 4) is 0 Å². The van der Waals surface area contributed by atoms with Crippen LogP contribution in [0, 0.1) is 0 Å². The van der Waals surface area contributed by atoms with Gasteiger partial charge in [-0.2, -0.15) is 18.3 Å². The van der Waals surface area contributed by atoms with Gasteiger partial charge in [-0.25, -0.2) is 4.99 Å². The fourth-order valence-electron chi connectivity index (χ4n) is 2.81. The largest absolute Gasteiger partial charge is 0.408 e. The van der Waals surface area contributed by atoms with E-state index in [-0.39, 0.29) is 0 Å². The van der Waals surface area contributed by atoms with Crippen LogP contribution in [0.1, 0.15) is 11.1 Å². The summed E-state index contributed by atoms with van der Waals surface area (Å²) in [4.78, 5) is 6.32. The van der Waals surface area contributed by atoms with Gasteiger partial charge in [-0.3, -0.25) is 4.68 Å². The summed E-state index contributed by atoms with van der Waals surface area (Å²) in [5.74, 6) is 0.332. The van der Waals surface area contributed by atoms with Gasteiger partial charge >= 0.3 is 6.18 Å². The predicted molar refractivity (Wildman–Crippen MR) is 87.5 cm³/mol. The van der Waals surface area contributed by atoms with Crippen LogP contribution in [0.5, 0.6) is 0 Å². The number of hydrogen-bond donors (Lipinski definition) is 1. The van der Waals surface area contributed by atoms with Crippen molar-refractivity contribution in [2.24, 2.45) is 10.7 Å². The van der Waals surface area contributed by atoms with Gasteiger partial charge in [0, 0.05) is 23.3 Å². The highest BCUT2D eigenvalue weighted by molar-refractivity contribution is 9.10. The van der Waals surface area contributed by atoms with Crippen LogP contribution in [-0.4, -0.2) is 40.4 Å². The maximum atomic E-state index is 12.6. The minimum absolute atomic E-state index is 0.332. The molecule has 0 aliphatic carbocycles. The van der Waals surface area contributed by atoms with Crippen molar-refractivity contribution in [1.82, 2.24) is 14.7 Å². The molecule has 2 N–H and O–H groups in total. The van der Waals surface area contributed by atoms with E-state index in [1.807, 2.05) is 24.3 Å². The number of hydrogen-bond acceptors (Lipinski definition) is 4. The lowest BCUT2D eigenvalue weighted by molar-refractivity contribution is -0.142. The molecule has 0 radical (unpaired) electrons. The Balaban J connectivity index is 2.07. The number of aromatic nitrogens is 2. The molecule has 1 atom stereocenters. The molecule has 1 aromatic heterocycles. The van der Waals surface area contributed by atoms with Crippen molar-refractivity contribution in [3.63, 3.8) is 0 Å². The number of nitrogens with two attached hydrogens (primary N) is 1. The Morgan fingerprint density at radius 1 is 1.33 bits per heavy atom. The van der Waals surface area contributed by atoms with E-state index in [1.165, 1.54) is 12.4 Å². The molecule has 1 aromatic carbocycles. The van der Waals surface area contributed by atoms with Crippen LogP contribution in [0.2, 0.25) is 0 Å². The molecule has 2 aromatic rings. The zero-order chi connectivity index (χ0) is 17.5. The maximum absolute atomic E-state index is 12.6. The van der Waals surface area contributed by atoms with E-state index in [0.717, 1.165) is 14.7 Å². The molecule has 0 saturated carbocycles. The molecule has 2 heterocycles. The Morgan fingerprint density at radius 2 is 2.08 bits per heavy atom. The molecule has 0 fully saturated rings. The Bertz CT molecular complexity index is 785. The smallest absolute Gasteiger partial charge is 0.370 e. The number of benzene rings is 1. The fraction of sp³-hybridized carbons (Fsp3) is 0.333. The normalized spacial score (nSPS) is 21.2. The Morgan fingerprint density at radius 3 is 2.67 bits per heavy atom. The van der Waals surface area contributed by atoms with Crippen molar-refractivity contribution in [2.75, 3.05) is 13.6 Å². The second kappa shape index (κ2) is 5.80. The lowest BCUT2D eigenvalue weighted by Crippen LogP contribution is -2.34. The zero-order valence-corrected chi connectivity index (χ0v) is 14.3. The highest BCUT2D eigenvalue weighted by atomic mass is 79.9. The summed E-state index contributed by atoms with van der Waals surface area (Å²) in [6.07, 6.45) is -1.53. The van der Waals surface area contributed by atoms with Gasteiger partial charge in [0.15, 0.2) is 5.96 Å². The van der Waals surface area contributed by atoms with Gasteiger partial charge in [0.1, 0.15) is 12.1 Å². The Hall–Kier alpha value is -2.03. The van der Waals surface area contributed by atoms with Gasteiger partial charge in [0.25, 0.3) is 0 Å². The summed E-state index contributed by atoms with van der Waals surface area (Å²) in [6, 6.07) is 7.49. The number of guanidine groups is 1. The van der Waals surface area contributed by atoms with E-state index in [4.69, 9.17) is 5.73 Å². The van der Waals surface area contributed by atoms with Crippen LogP contribution in [0.4, 0.5) is 13.2 Å². The van der Waals surface area contributed by atoms with Crippen LogP contribution in [0.3, 0.4) is 0 Å². The monoisotopic (exact) mass is 401 g/mol. The number of likely N-dealkylation sites (N-methyl/N-ethyl adjacent to an activating group) is 1. The van der Waals surface area contributed by atoms with Gasteiger partial charge in [0.05, 0.1) is 12.7 Å². The lowest BCUT2D eigenvalue weighted by atomic mass is 9.85. The highest BCUT2D eigenvalue weighted by Gasteiger charge is 2.42. The topological polar surface area (TPSA) is 59.4 Å². The quantitative estimate of drug-likeness (QED) is 0.859. The van der Waals surface area contributed by atoms with Gasteiger partial charge < -0.3 is 10.6 Å². The van der Waals surface area contributed by atoms with Crippen molar-refractivity contribution in [1.29, 1.82) is 0 Å². The van der Waals surface area contributed by atoms with Crippen LogP contribution in [0.25, 0.3) is 0 Å². The minimum atomic E-state index is -4.33. The van der Waals surface area contributed by atoms with E-state index in [9.17, 15) is 13.2 Å². The van der Waals surface area contributed by atoms with Crippen molar-refractivity contribution in [3.05, 3.63) is 52.3 Å². The molecule has 24 heavy (non-hydrogen) atoms. The lowest BCUT2D eigenvalue weighted by Gasteiger charge is -2.26. The maximum Gasteiger partial charge on any atom is 0.408 e. The molecular formula is C15H15BrF3N5. The molecule has 1 aliphatic heterocycles. The predicted octanol–water partition coefficient (Wildman–Crippen LogP) is 2.71. The van der Waals surface area contributed by atoms with Crippen LogP contribution in [-0.2, 0) is 12.1 Å². The molecule has 1 aliphatic rings. The van der Waals surface area contributed by atoms with Crippen molar-refractivity contribution < 1.29 is 13.2 Å². The van der Waals surface area contributed by atoms with Crippen LogP contribution < -0.4 is 5.73 Å². The second-order valence-electron chi connectivity index (χ2n) is 5.74. The Kier molecular flexibility index (Phi) is 4.06. The van der Waals surface area contributed by atoms with Crippen LogP contribution in [0.15, 0.2) is 46.1 Å². The molecule has 9 heteroatoms. The van der Waals surface area contributed by atoms with Crippen molar-refractivity contribution >= 4 is 21.9 Å². The standard InChI is InChI=1S/C15H15BrF3N5/c1-23-8-14(22-13(23)20,10-3-2-4-12(16)5-10)11-6-21-24(7-11)9-15(17,18)19/h2-7H,8-9H2,1H3,(H2,20,22). The third-order valence-corrected chi connectivity index (χ3v) is 4.41. The van der Waals surface area contributed by atoms with E-state index >= 15 is 0 Å². The summed E-state index contributed by atoms with van der Waals surface area (Å²) < 4.78 is 39.5. The first-order valence-corrected chi connectivity index (χ1v) is 7.91. The van der Waals surface area contributed by atoms with E-state index in [2.05, 4.69) is 26.0 Å². The average molecular weight is 402 g/mol. The molecule has 1 unspecified atom stereocenters. The number of rotatable bonds is 3. The Labute approximate surface area is 145 Å². The van der Waals surface area contributed by atoms with E-state index in [1.54, 1.807) is 11.9 Å². The molecular weight excluding hydrogens is 387 g/mol. The minimum Gasteiger partial charge on any atom is -0.370 e. The first-order chi connectivity index (χ1) is 11.2. The van der Waals surface area contributed by atoms with Gasteiger partial charge in [-0.05, 0) is 17.7 Å². The summed E-state index contributed by atoms with van der Waals surface area (Å²) in [5, 5.41) is 3.85. The zero-order valence-electron chi connectivity index (χ0n) is 12.8. The molecule has 0 bridgehead atoms. The highest BCUT2D eigenvalue weighted by Crippen LogP contribution is 2.38. The first kappa shape index (κ1) is 16.8. The fourth-order valence-corrected chi connectivity index (χ4v) is 3.21. The number of alkyl halides is 3. The van der Waals surface area contributed by atoms with Gasteiger partial charge in [-0.15, -0.1) is 0 Å². The van der Waals surface area contributed by atoms with Crippen LogP contribution >= 0.6 is 15.9 Å². The number of aliphatic imine (C=N–C) groups is 1. The van der Waals surface area contributed by atoms with E-state index in [0.29, 0.717) is 18.1 Å². The third-order valence-electron chi connectivity index (χ3n) is 3.92. The summed E-state index contributed by atoms with van der Waals surface area (Å²) in [5.41, 5.74) is 6.45. The molecule has 3 rings (SSSR count). The second-order valence-corrected chi connectivity index (χ2v) is 6.65. The molecule has 128 valence electrons. The number of nitrogens with zero attached hydrogens (tertiary/aromatic N) is 4. The van der Waals surface area contributed by atoms with E-state index < -0.39 is 18.3 Å². The van der Waals surface area contributed by atoms with Gasteiger partial charge in [-0.1, -0.05) is 28.1 Å². The van der Waals surface area contributed by atoms with Gasteiger partial charge in [0.2, 0.25) is 0 Å². The molecule has 0 spiro atoms. The molecule has 0 amide bonds. The number of halogens is 4. The summed E-state index contributed by atoms with van der Waals surface area (Å²) in [7, 11) is 1.79. The molecule has 0 saturated heterocycles. The summed E-state index contributed by atoms with van der Waals surface area (Å²) in [6.45, 7) is -0.719. The van der Waals surface area contributed by atoms with Crippen molar-refractivity contribution in [2.45, 2.75) is 18.3 Å². The first-order valence-electron chi connectivity index (χ1n) is 7.12. The average Bonchev–Trinajstić information content (AvgIpc) is 3.04. The summed E-state index contributed by atoms with van der Waals surface area (Å²) >= 11 is 3.42. The SMILES string of the molecule is CN1CC(c2cccc(Br)c2)(c2cnn(CC(F)(F)F)c2)N=C1N. The third kappa shape index (κ3) is 3.12.